The fourth-order valence-corrected chi connectivity index (χ4v) is 1.68. The number of para-hydroxylation sites is 1. The van der Waals surface area contributed by atoms with Crippen LogP contribution in [0, 0.1) is 5.82 Å². The number of carbonyl (C=O) groups is 1. The van der Waals surface area contributed by atoms with Crippen LogP contribution in [0.25, 0.3) is 0 Å². The molecule has 0 heterocycles. The highest BCUT2D eigenvalue weighted by atomic mass is 19.4. The lowest BCUT2D eigenvalue weighted by atomic mass is 10.1. The van der Waals surface area contributed by atoms with Gasteiger partial charge >= 0.3 is 6.18 Å². The van der Waals surface area contributed by atoms with Gasteiger partial charge in [-0.1, -0.05) is 12.1 Å². The molecule has 0 fully saturated rings. The maximum Gasteiger partial charge on any atom is 0.416 e. The van der Waals surface area contributed by atoms with Crippen molar-refractivity contribution >= 4 is 17.3 Å². The molecular weight excluding hydrogens is 288 g/mol. The number of rotatable bonds is 2. The van der Waals surface area contributed by atoms with Gasteiger partial charge in [0.05, 0.1) is 16.8 Å². The highest BCUT2D eigenvalue weighted by Crippen LogP contribution is 2.31. The molecule has 2 rings (SSSR count). The minimum absolute atomic E-state index is 0.128. The second kappa shape index (κ2) is 5.43. The molecule has 2 aromatic rings. The minimum Gasteiger partial charge on any atom is -0.398 e. The number of anilines is 2. The maximum absolute atomic E-state index is 13.4. The lowest BCUT2D eigenvalue weighted by Gasteiger charge is -2.11. The van der Waals surface area contributed by atoms with Gasteiger partial charge in [-0.25, -0.2) is 4.39 Å². The summed E-state index contributed by atoms with van der Waals surface area (Å²) < 4.78 is 51.3. The number of alkyl halides is 3. The zero-order valence-corrected chi connectivity index (χ0v) is 10.5. The molecule has 0 aliphatic carbocycles. The van der Waals surface area contributed by atoms with Crippen molar-refractivity contribution < 1.29 is 22.4 Å². The Morgan fingerprint density at radius 2 is 1.76 bits per heavy atom. The largest absolute Gasteiger partial charge is 0.416 e. The highest BCUT2D eigenvalue weighted by Gasteiger charge is 2.31. The molecule has 3 nitrogen and oxygen atoms in total. The summed E-state index contributed by atoms with van der Waals surface area (Å²) in [6.45, 7) is 0. The van der Waals surface area contributed by atoms with E-state index in [4.69, 9.17) is 5.73 Å². The molecule has 110 valence electrons. The van der Waals surface area contributed by atoms with E-state index < -0.39 is 23.5 Å². The molecule has 0 atom stereocenters. The fourth-order valence-electron chi connectivity index (χ4n) is 1.68. The fraction of sp³-hybridized carbons (Fsp3) is 0.0714. The van der Waals surface area contributed by atoms with Crippen molar-refractivity contribution in [3.8, 4) is 0 Å². The Bertz CT molecular complexity index is 683. The molecule has 0 radical (unpaired) electrons. The van der Waals surface area contributed by atoms with E-state index in [0.717, 1.165) is 18.2 Å². The summed E-state index contributed by atoms with van der Waals surface area (Å²) in [5, 5.41) is 2.18. The van der Waals surface area contributed by atoms with Gasteiger partial charge in [0.25, 0.3) is 5.91 Å². The van der Waals surface area contributed by atoms with Crippen LogP contribution in [0.5, 0.6) is 0 Å². The van der Waals surface area contributed by atoms with Crippen molar-refractivity contribution in [1.82, 2.24) is 0 Å². The Labute approximate surface area is 117 Å². The summed E-state index contributed by atoms with van der Waals surface area (Å²) in [6, 6.07) is 7.69. The van der Waals surface area contributed by atoms with E-state index in [9.17, 15) is 22.4 Å². The first-order valence-electron chi connectivity index (χ1n) is 5.81. The zero-order valence-electron chi connectivity index (χ0n) is 10.5. The van der Waals surface area contributed by atoms with E-state index in [1.54, 1.807) is 0 Å². The lowest BCUT2D eigenvalue weighted by molar-refractivity contribution is -0.137. The summed E-state index contributed by atoms with van der Waals surface area (Å²) in [5.74, 6) is -1.61. The maximum atomic E-state index is 13.4. The average Bonchev–Trinajstić information content (AvgIpc) is 2.40. The molecule has 0 saturated carbocycles. The molecular formula is C14H10F4N2O. The van der Waals surface area contributed by atoms with Gasteiger partial charge in [-0.15, -0.1) is 0 Å². The van der Waals surface area contributed by atoms with Crippen LogP contribution in [0.4, 0.5) is 28.9 Å². The number of hydrogen-bond acceptors (Lipinski definition) is 2. The average molecular weight is 298 g/mol. The van der Waals surface area contributed by atoms with Crippen LogP contribution in [0.2, 0.25) is 0 Å². The number of nitrogens with two attached hydrogens (primary N) is 1. The first-order valence-corrected chi connectivity index (χ1v) is 5.81. The second-order valence-corrected chi connectivity index (χ2v) is 4.23. The third-order valence-electron chi connectivity index (χ3n) is 2.75. The van der Waals surface area contributed by atoms with Crippen molar-refractivity contribution in [2.45, 2.75) is 6.18 Å². The topological polar surface area (TPSA) is 55.1 Å². The van der Waals surface area contributed by atoms with Crippen molar-refractivity contribution in [3.05, 3.63) is 59.4 Å². The van der Waals surface area contributed by atoms with Crippen LogP contribution in [0.15, 0.2) is 42.5 Å². The van der Waals surface area contributed by atoms with Crippen molar-refractivity contribution in [2.24, 2.45) is 0 Å². The zero-order chi connectivity index (χ0) is 15.6. The van der Waals surface area contributed by atoms with Gasteiger partial charge in [-0.3, -0.25) is 4.79 Å². The standard InChI is InChI=1S/C14H10F4N2O/c15-10-3-1-2-4-12(10)20-13(21)9-7-8(14(16,17)18)5-6-11(9)19/h1-7H,19H2,(H,20,21). The van der Waals surface area contributed by atoms with Crippen LogP contribution < -0.4 is 11.1 Å². The smallest absolute Gasteiger partial charge is 0.398 e. The summed E-state index contributed by atoms with van der Waals surface area (Å²) >= 11 is 0. The Hall–Kier alpha value is -2.57. The van der Waals surface area contributed by atoms with Crippen LogP contribution in [-0.4, -0.2) is 5.91 Å². The van der Waals surface area contributed by atoms with Gasteiger partial charge in [-0.2, -0.15) is 13.2 Å². The van der Waals surface area contributed by atoms with Gasteiger partial charge in [-0.05, 0) is 30.3 Å². The monoisotopic (exact) mass is 298 g/mol. The Morgan fingerprint density at radius 1 is 1.10 bits per heavy atom. The van der Waals surface area contributed by atoms with Gasteiger partial charge in [0.15, 0.2) is 0 Å². The Kier molecular flexibility index (Phi) is 3.84. The first-order chi connectivity index (χ1) is 9.79. The molecule has 2 aromatic carbocycles. The first kappa shape index (κ1) is 14.8. The highest BCUT2D eigenvalue weighted by molar-refractivity contribution is 6.07. The molecule has 3 N–H and O–H groups in total. The van der Waals surface area contributed by atoms with E-state index in [2.05, 4.69) is 5.32 Å². The normalized spacial score (nSPS) is 11.2. The van der Waals surface area contributed by atoms with Crippen LogP contribution in [0.1, 0.15) is 15.9 Å². The van der Waals surface area contributed by atoms with E-state index in [1.807, 2.05) is 0 Å². The number of hydrogen-bond donors (Lipinski definition) is 2. The minimum atomic E-state index is -4.60. The summed E-state index contributed by atoms with van der Waals surface area (Å²) in [4.78, 5) is 11.9. The van der Waals surface area contributed by atoms with Crippen LogP contribution in [0.3, 0.4) is 0 Å². The third-order valence-corrected chi connectivity index (χ3v) is 2.75. The van der Waals surface area contributed by atoms with Crippen molar-refractivity contribution in [1.29, 1.82) is 0 Å². The molecule has 0 saturated heterocycles. The van der Waals surface area contributed by atoms with Gasteiger partial charge in [0.2, 0.25) is 0 Å². The summed E-state index contributed by atoms with van der Waals surface area (Å²) in [7, 11) is 0. The van der Waals surface area contributed by atoms with E-state index in [0.29, 0.717) is 6.07 Å². The van der Waals surface area contributed by atoms with Gasteiger partial charge in [0, 0.05) is 5.69 Å². The molecule has 21 heavy (non-hydrogen) atoms. The summed E-state index contributed by atoms with van der Waals surface area (Å²) in [5.41, 5.74) is 3.86. The predicted octanol–water partition coefficient (Wildman–Crippen LogP) is 3.68. The molecule has 7 heteroatoms. The van der Waals surface area contributed by atoms with Crippen molar-refractivity contribution in [2.75, 3.05) is 11.1 Å². The van der Waals surface area contributed by atoms with E-state index in [1.165, 1.54) is 18.2 Å². The second-order valence-electron chi connectivity index (χ2n) is 4.23. The molecule has 0 aliphatic rings. The number of nitrogen functional groups attached to an aromatic ring is 1. The Morgan fingerprint density at radius 3 is 2.38 bits per heavy atom. The van der Waals surface area contributed by atoms with Crippen LogP contribution >= 0.6 is 0 Å². The van der Waals surface area contributed by atoms with Gasteiger partial charge < -0.3 is 11.1 Å². The quantitative estimate of drug-likeness (QED) is 0.656. The number of halogens is 4. The molecule has 0 aromatic heterocycles. The van der Waals surface area contributed by atoms with Gasteiger partial charge in [0.1, 0.15) is 5.82 Å². The third kappa shape index (κ3) is 3.31. The molecule has 0 aliphatic heterocycles. The number of benzene rings is 2. The SMILES string of the molecule is Nc1ccc(C(F)(F)F)cc1C(=O)Nc1ccccc1F. The summed E-state index contributed by atoms with van der Waals surface area (Å²) in [6.07, 6.45) is -4.60. The number of carbonyl (C=O) groups excluding carboxylic acids is 1. The molecule has 0 bridgehead atoms. The number of nitrogens with one attached hydrogen (secondary N) is 1. The molecule has 0 unspecified atom stereocenters. The molecule has 0 spiro atoms. The number of amides is 1. The Balaban J connectivity index is 2.33. The molecule has 1 amide bonds. The van der Waals surface area contributed by atoms with E-state index >= 15 is 0 Å². The van der Waals surface area contributed by atoms with Crippen LogP contribution in [-0.2, 0) is 6.18 Å². The van der Waals surface area contributed by atoms with E-state index in [-0.39, 0.29) is 16.9 Å². The lowest BCUT2D eigenvalue weighted by Crippen LogP contribution is -2.16. The van der Waals surface area contributed by atoms with Crippen molar-refractivity contribution in [3.63, 3.8) is 0 Å². The predicted molar refractivity (Wildman–Crippen MR) is 70.2 cm³/mol.